The van der Waals surface area contributed by atoms with Gasteiger partial charge in [-0.05, 0) is 48.2 Å². The average Bonchev–Trinajstić information content (AvgIpc) is 3.11. The molecule has 0 radical (unpaired) electrons. The van der Waals surface area contributed by atoms with Gasteiger partial charge < -0.3 is 29.0 Å². The van der Waals surface area contributed by atoms with Crippen LogP contribution in [0.25, 0.3) is 5.76 Å². The molecule has 0 saturated carbocycles. The van der Waals surface area contributed by atoms with Crippen molar-refractivity contribution in [1.29, 1.82) is 0 Å². The monoisotopic (exact) mass is 495 g/mol. The van der Waals surface area contributed by atoms with E-state index in [9.17, 15) is 14.7 Å². The van der Waals surface area contributed by atoms with Crippen LogP contribution < -0.4 is 14.2 Å². The van der Waals surface area contributed by atoms with Crippen LogP contribution in [0, 0.1) is 0 Å². The Morgan fingerprint density at radius 3 is 2.47 bits per heavy atom. The highest BCUT2D eigenvalue weighted by Gasteiger charge is 2.46. The second kappa shape index (κ2) is 10.2. The number of Topliss-reactive ketones (excluding diaryl/α,β-unsaturated/α-hetero) is 1. The van der Waals surface area contributed by atoms with Crippen molar-refractivity contribution in [1.82, 2.24) is 4.90 Å². The van der Waals surface area contributed by atoms with Crippen molar-refractivity contribution < 1.29 is 33.6 Å². The zero-order chi connectivity index (χ0) is 26.0. The molecular weight excluding hydrogens is 462 g/mol. The van der Waals surface area contributed by atoms with E-state index in [0.29, 0.717) is 48.2 Å². The fourth-order valence-corrected chi connectivity index (χ4v) is 4.58. The van der Waals surface area contributed by atoms with E-state index < -0.39 is 17.7 Å². The van der Waals surface area contributed by atoms with Crippen LogP contribution >= 0.6 is 0 Å². The summed E-state index contributed by atoms with van der Waals surface area (Å²) in [7, 11) is 1.53. The SMILES string of the molecule is CCOc1ccc(/C(O)=C2/C(=O)C(=O)N(CCOC)C2c2ccc3c(c2)OCCO3)cc1C(C)(C)C. The Balaban J connectivity index is 1.87. The average molecular weight is 496 g/mol. The molecule has 2 heterocycles. The van der Waals surface area contributed by atoms with Crippen molar-refractivity contribution in [2.24, 2.45) is 0 Å². The summed E-state index contributed by atoms with van der Waals surface area (Å²) >= 11 is 0. The van der Waals surface area contributed by atoms with Gasteiger partial charge in [0.15, 0.2) is 11.5 Å². The fourth-order valence-electron chi connectivity index (χ4n) is 4.58. The highest BCUT2D eigenvalue weighted by Crippen LogP contribution is 2.43. The summed E-state index contributed by atoms with van der Waals surface area (Å²) in [6.07, 6.45) is 0. The predicted molar refractivity (Wildman–Crippen MR) is 135 cm³/mol. The number of amides is 1. The van der Waals surface area contributed by atoms with E-state index in [4.69, 9.17) is 18.9 Å². The maximum absolute atomic E-state index is 13.3. The normalized spacial score (nSPS) is 19.0. The number of methoxy groups -OCH3 is 1. The Morgan fingerprint density at radius 1 is 1.08 bits per heavy atom. The van der Waals surface area contributed by atoms with Crippen molar-refractivity contribution in [2.75, 3.05) is 40.1 Å². The maximum atomic E-state index is 13.3. The Kier molecular flexibility index (Phi) is 7.26. The third-order valence-corrected chi connectivity index (χ3v) is 6.32. The van der Waals surface area contributed by atoms with Gasteiger partial charge in [0.2, 0.25) is 0 Å². The number of ether oxygens (including phenoxy) is 4. The van der Waals surface area contributed by atoms with Gasteiger partial charge >= 0.3 is 0 Å². The molecule has 1 atom stereocenters. The summed E-state index contributed by atoms with van der Waals surface area (Å²) in [6.45, 7) is 9.85. The minimum atomic E-state index is -0.805. The molecule has 2 aromatic carbocycles. The number of carbonyl (C=O) groups excluding carboxylic acids is 2. The Morgan fingerprint density at radius 2 is 1.81 bits per heavy atom. The summed E-state index contributed by atoms with van der Waals surface area (Å²) in [4.78, 5) is 27.8. The number of hydrogen-bond donors (Lipinski definition) is 1. The summed E-state index contributed by atoms with van der Waals surface area (Å²) < 4.78 is 22.4. The minimum Gasteiger partial charge on any atom is -0.507 e. The molecule has 1 N–H and O–H groups in total. The topological polar surface area (TPSA) is 94.5 Å². The fraction of sp³-hybridized carbons (Fsp3) is 0.429. The van der Waals surface area contributed by atoms with Crippen molar-refractivity contribution in [3.63, 3.8) is 0 Å². The van der Waals surface area contributed by atoms with E-state index in [-0.39, 0.29) is 29.9 Å². The molecule has 4 rings (SSSR count). The molecule has 8 heteroatoms. The van der Waals surface area contributed by atoms with Gasteiger partial charge in [-0.1, -0.05) is 26.8 Å². The Bertz CT molecular complexity index is 1190. The number of ketones is 1. The summed E-state index contributed by atoms with van der Waals surface area (Å²) in [5.41, 5.74) is 1.71. The van der Waals surface area contributed by atoms with Crippen LogP contribution in [0.4, 0.5) is 0 Å². The molecule has 1 unspecified atom stereocenters. The van der Waals surface area contributed by atoms with Gasteiger partial charge in [-0.25, -0.2) is 0 Å². The summed E-state index contributed by atoms with van der Waals surface area (Å²) in [5.74, 6) is 0.185. The van der Waals surface area contributed by atoms with E-state index in [1.165, 1.54) is 12.0 Å². The lowest BCUT2D eigenvalue weighted by atomic mass is 9.84. The first-order valence-electron chi connectivity index (χ1n) is 12.1. The molecule has 0 aliphatic carbocycles. The van der Waals surface area contributed by atoms with E-state index >= 15 is 0 Å². The quantitative estimate of drug-likeness (QED) is 0.349. The van der Waals surface area contributed by atoms with Crippen LogP contribution in [0.2, 0.25) is 0 Å². The maximum Gasteiger partial charge on any atom is 0.295 e. The molecule has 0 bridgehead atoms. The number of fused-ring (bicyclic) bond motifs is 1. The van der Waals surface area contributed by atoms with Crippen molar-refractivity contribution in [3.8, 4) is 17.2 Å². The van der Waals surface area contributed by atoms with Crippen molar-refractivity contribution in [3.05, 3.63) is 58.7 Å². The Hall–Kier alpha value is -3.52. The molecule has 192 valence electrons. The van der Waals surface area contributed by atoms with Crippen molar-refractivity contribution >= 4 is 17.4 Å². The molecule has 1 saturated heterocycles. The largest absolute Gasteiger partial charge is 0.507 e. The third-order valence-electron chi connectivity index (χ3n) is 6.32. The number of benzene rings is 2. The molecule has 1 fully saturated rings. The number of carbonyl (C=O) groups is 2. The smallest absolute Gasteiger partial charge is 0.295 e. The highest BCUT2D eigenvalue weighted by atomic mass is 16.6. The van der Waals surface area contributed by atoms with Crippen molar-refractivity contribution in [2.45, 2.75) is 39.2 Å². The van der Waals surface area contributed by atoms with E-state index in [1.807, 2.05) is 33.8 Å². The van der Waals surface area contributed by atoms with Gasteiger partial charge in [-0.2, -0.15) is 0 Å². The van der Waals surface area contributed by atoms with Crippen LogP contribution in [-0.2, 0) is 19.7 Å². The van der Waals surface area contributed by atoms with Gasteiger partial charge in [0.1, 0.15) is 24.7 Å². The van der Waals surface area contributed by atoms with Crippen LogP contribution in [0.5, 0.6) is 17.2 Å². The Labute approximate surface area is 211 Å². The molecule has 2 aliphatic heterocycles. The molecule has 2 aromatic rings. The zero-order valence-corrected chi connectivity index (χ0v) is 21.4. The number of nitrogens with zero attached hydrogens (tertiary/aromatic N) is 1. The van der Waals surface area contributed by atoms with Gasteiger partial charge in [-0.15, -0.1) is 0 Å². The van der Waals surface area contributed by atoms with Gasteiger partial charge in [0, 0.05) is 24.8 Å². The molecule has 1 amide bonds. The van der Waals surface area contributed by atoms with Gasteiger partial charge in [0.05, 0.1) is 24.8 Å². The van der Waals surface area contributed by atoms with Crippen LogP contribution in [0.15, 0.2) is 42.0 Å². The minimum absolute atomic E-state index is 0.0248. The van der Waals surface area contributed by atoms with E-state index in [0.717, 1.165) is 5.56 Å². The first-order chi connectivity index (χ1) is 17.2. The lowest BCUT2D eigenvalue weighted by Gasteiger charge is -2.27. The lowest BCUT2D eigenvalue weighted by molar-refractivity contribution is -0.140. The van der Waals surface area contributed by atoms with Gasteiger partial charge in [0.25, 0.3) is 11.7 Å². The van der Waals surface area contributed by atoms with E-state index in [2.05, 4.69) is 0 Å². The lowest BCUT2D eigenvalue weighted by Crippen LogP contribution is -2.32. The molecule has 36 heavy (non-hydrogen) atoms. The number of likely N-dealkylation sites (tertiary alicyclic amines) is 1. The first kappa shape index (κ1) is 25.6. The number of rotatable bonds is 7. The molecular formula is C28H33NO7. The highest BCUT2D eigenvalue weighted by molar-refractivity contribution is 6.46. The third kappa shape index (κ3) is 4.78. The van der Waals surface area contributed by atoms with Gasteiger partial charge in [-0.3, -0.25) is 9.59 Å². The predicted octanol–water partition coefficient (Wildman–Crippen LogP) is 4.22. The number of aliphatic hydroxyl groups is 1. The molecule has 2 aliphatic rings. The van der Waals surface area contributed by atoms with Crippen LogP contribution in [0.3, 0.4) is 0 Å². The second-order valence-corrected chi connectivity index (χ2v) is 9.78. The summed E-state index contributed by atoms with van der Waals surface area (Å²) in [5, 5.41) is 11.5. The molecule has 0 spiro atoms. The molecule has 8 nitrogen and oxygen atoms in total. The second-order valence-electron chi connectivity index (χ2n) is 9.78. The number of hydrogen-bond acceptors (Lipinski definition) is 7. The van der Waals surface area contributed by atoms with Crippen LogP contribution in [0.1, 0.15) is 50.4 Å². The number of aliphatic hydroxyl groups excluding tert-OH is 1. The van der Waals surface area contributed by atoms with E-state index in [1.54, 1.807) is 30.3 Å². The van der Waals surface area contributed by atoms with Crippen LogP contribution in [-0.4, -0.2) is 61.8 Å². The zero-order valence-electron chi connectivity index (χ0n) is 21.4. The molecule has 0 aromatic heterocycles. The first-order valence-corrected chi connectivity index (χ1v) is 12.1. The summed E-state index contributed by atoms with van der Waals surface area (Å²) in [6, 6.07) is 9.82. The standard InChI is InChI=1S/C28H33NO7/c1-6-34-20-9-8-18(15-19(20)28(2,3)4)25(30)23-24(29(11-12-33-5)27(32)26(23)31)17-7-10-21-22(16-17)36-14-13-35-21/h7-10,15-16,24,30H,6,11-14H2,1-5H3/b25-23-.